The molecule has 136 valence electrons. The van der Waals surface area contributed by atoms with E-state index in [1.165, 1.54) is 0 Å². The second-order valence-corrected chi connectivity index (χ2v) is 6.83. The Morgan fingerprint density at radius 3 is 2.68 bits per heavy atom. The molecule has 2 rings (SSSR count). The number of ether oxygens (including phenoxy) is 3. The minimum atomic E-state index is 0.429. The number of methoxy groups -OCH3 is 2. The molecule has 0 amide bonds. The first-order valence-corrected chi connectivity index (χ1v) is 9.24. The number of rotatable bonds is 10. The van der Waals surface area contributed by atoms with Crippen molar-refractivity contribution in [1.82, 2.24) is 5.32 Å². The first-order valence-electron chi connectivity index (χ1n) is 8.07. The fourth-order valence-electron chi connectivity index (χ4n) is 2.34. The summed E-state index contributed by atoms with van der Waals surface area (Å²) < 4.78 is 17.4. The highest BCUT2D eigenvalue weighted by Crippen LogP contribution is 2.34. The maximum absolute atomic E-state index is 6.01. The number of hydrogen-bond donors (Lipinski definition) is 1. The molecule has 2 aromatic carbocycles. The molecule has 0 heterocycles. The zero-order chi connectivity index (χ0) is 18.1. The van der Waals surface area contributed by atoms with E-state index in [-0.39, 0.29) is 0 Å². The summed E-state index contributed by atoms with van der Waals surface area (Å²) in [5.74, 6) is 1.40. The summed E-state index contributed by atoms with van der Waals surface area (Å²) >= 11 is 9.62. The lowest BCUT2D eigenvalue weighted by Gasteiger charge is -2.14. The van der Waals surface area contributed by atoms with Gasteiger partial charge in [0.1, 0.15) is 6.61 Å². The van der Waals surface area contributed by atoms with Crippen molar-refractivity contribution < 1.29 is 14.2 Å². The van der Waals surface area contributed by atoms with Gasteiger partial charge in [-0.15, -0.1) is 0 Å². The molecule has 0 unspecified atom stereocenters. The Hall–Kier alpha value is -1.27. The lowest BCUT2D eigenvalue weighted by molar-refractivity contribution is 0.194. The first-order chi connectivity index (χ1) is 12.1. The average Bonchev–Trinajstić information content (AvgIpc) is 2.61. The summed E-state index contributed by atoms with van der Waals surface area (Å²) in [5, 5.41) is 4.09. The van der Waals surface area contributed by atoms with Crippen LogP contribution < -0.4 is 14.8 Å². The average molecular weight is 429 g/mol. The minimum absolute atomic E-state index is 0.429. The topological polar surface area (TPSA) is 39.7 Å². The third kappa shape index (κ3) is 6.51. The molecular formula is C19H23BrClNO3. The van der Waals surface area contributed by atoms with Crippen molar-refractivity contribution in [2.45, 2.75) is 19.6 Å². The third-order valence-electron chi connectivity index (χ3n) is 3.63. The third-order valence-corrected chi connectivity index (χ3v) is 4.61. The Morgan fingerprint density at radius 2 is 1.96 bits per heavy atom. The monoisotopic (exact) mass is 427 g/mol. The van der Waals surface area contributed by atoms with Crippen LogP contribution >= 0.6 is 27.5 Å². The second-order valence-electron chi connectivity index (χ2n) is 5.54. The maximum atomic E-state index is 6.01. The molecule has 0 radical (unpaired) electrons. The fraction of sp³-hybridized carbons (Fsp3) is 0.368. The van der Waals surface area contributed by atoms with Gasteiger partial charge in [-0.2, -0.15) is 0 Å². The number of benzene rings is 2. The predicted molar refractivity (Wildman–Crippen MR) is 105 cm³/mol. The van der Waals surface area contributed by atoms with Crippen molar-refractivity contribution in [3.05, 3.63) is 57.0 Å². The predicted octanol–water partition coefficient (Wildman–Crippen LogP) is 4.82. The van der Waals surface area contributed by atoms with Crippen LogP contribution in [-0.2, 0) is 17.9 Å². The molecule has 0 aliphatic rings. The van der Waals surface area contributed by atoms with Gasteiger partial charge in [-0.05, 0) is 48.4 Å². The van der Waals surface area contributed by atoms with Gasteiger partial charge in [-0.3, -0.25) is 0 Å². The van der Waals surface area contributed by atoms with Crippen LogP contribution in [0.25, 0.3) is 0 Å². The van der Waals surface area contributed by atoms with Gasteiger partial charge in [0.05, 0.1) is 7.11 Å². The minimum Gasteiger partial charge on any atom is -0.493 e. The lowest BCUT2D eigenvalue weighted by atomic mass is 10.2. The van der Waals surface area contributed by atoms with E-state index in [4.69, 9.17) is 25.8 Å². The van der Waals surface area contributed by atoms with Crippen LogP contribution in [0.2, 0.25) is 5.02 Å². The van der Waals surface area contributed by atoms with Crippen molar-refractivity contribution in [3.8, 4) is 11.5 Å². The Kier molecular flexibility index (Phi) is 8.55. The highest BCUT2D eigenvalue weighted by Gasteiger charge is 2.11. The highest BCUT2D eigenvalue weighted by atomic mass is 79.9. The fourth-order valence-corrected chi connectivity index (χ4v) is 3.01. The first kappa shape index (κ1) is 20.0. The van der Waals surface area contributed by atoms with Crippen molar-refractivity contribution >= 4 is 27.5 Å². The van der Waals surface area contributed by atoms with Crippen LogP contribution in [0.5, 0.6) is 11.5 Å². The Bertz CT molecular complexity index is 682. The molecule has 0 atom stereocenters. The quantitative estimate of drug-likeness (QED) is 0.551. The number of nitrogens with one attached hydrogen (secondary N) is 1. The van der Waals surface area contributed by atoms with Crippen molar-refractivity contribution in [3.63, 3.8) is 0 Å². The van der Waals surface area contributed by atoms with Gasteiger partial charge in [-0.25, -0.2) is 0 Å². The lowest BCUT2D eigenvalue weighted by Crippen LogP contribution is -2.16. The molecule has 2 aromatic rings. The summed E-state index contributed by atoms with van der Waals surface area (Å²) in [4.78, 5) is 0. The van der Waals surface area contributed by atoms with E-state index in [1.54, 1.807) is 14.2 Å². The van der Waals surface area contributed by atoms with Gasteiger partial charge in [0.25, 0.3) is 0 Å². The molecule has 4 nitrogen and oxygen atoms in total. The zero-order valence-electron chi connectivity index (χ0n) is 14.5. The van der Waals surface area contributed by atoms with Crippen LogP contribution in [0, 0.1) is 0 Å². The van der Waals surface area contributed by atoms with Crippen LogP contribution in [0.3, 0.4) is 0 Å². The van der Waals surface area contributed by atoms with Crippen molar-refractivity contribution in [1.29, 1.82) is 0 Å². The van der Waals surface area contributed by atoms with Crippen LogP contribution in [0.15, 0.2) is 40.9 Å². The van der Waals surface area contributed by atoms with Crippen molar-refractivity contribution in [2.24, 2.45) is 0 Å². The maximum Gasteiger partial charge on any atom is 0.162 e. The van der Waals surface area contributed by atoms with Crippen LogP contribution in [0.1, 0.15) is 17.5 Å². The van der Waals surface area contributed by atoms with E-state index in [9.17, 15) is 0 Å². The molecule has 0 saturated heterocycles. The smallest absolute Gasteiger partial charge is 0.162 e. The van der Waals surface area contributed by atoms with Gasteiger partial charge in [0.2, 0.25) is 0 Å². The van der Waals surface area contributed by atoms with E-state index in [0.717, 1.165) is 41.7 Å². The van der Waals surface area contributed by atoms with Crippen LogP contribution in [0.4, 0.5) is 0 Å². The van der Waals surface area contributed by atoms with E-state index in [0.29, 0.717) is 23.1 Å². The molecule has 0 fully saturated rings. The van der Waals surface area contributed by atoms with Gasteiger partial charge < -0.3 is 19.5 Å². The molecule has 0 aliphatic heterocycles. The van der Waals surface area contributed by atoms with E-state index < -0.39 is 0 Å². The Balaban J connectivity index is 2.00. The molecule has 25 heavy (non-hydrogen) atoms. The number of halogens is 2. The van der Waals surface area contributed by atoms with E-state index >= 15 is 0 Å². The normalized spacial score (nSPS) is 10.7. The van der Waals surface area contributed by atoms with Gasteiger partial charge >= 0.3 is 0 Å². The molecule has 0 bridgehead atoms. The zero-order valence-corrected chi connectivity index (χ0v) is 16.8. The van der Waals surface area contributed by atoms with Gasteiger partial charge in [0, 0.05) is 29.8 Å². The SMILES string of the molecule is COCCCNCc1cc(OC)c(OCc2cccc(Cl)c2)cc1Br. The number of hydrogen-bond acceptors (Lipinski definition) is 4. The molecule has 0 aromatic heterocycles. The van der Waals surface area contributed by atoms with Crippen molar-refractivity contribution in [2.75, 3.05) is 27.4 Å². The molecule has 6 heteroatoms. The molecule has 0 spiro atoms. The Morgan fingerprint density at radius 1 is 1.12 bits per heavy atom. The summed E-state index contributed by atoms with van der Waals surface area (Å²) in [5.41, 5.74) is 2.12. The largest absolute Gasteiger partial charge is 0.493 e. The molecule has 0 saturated carbocycles. The van der Waals surface area contributed by atoms with Crippen LogP contribution in [-0.4, -0.2) is 27.4 Å². The Labute approximate surface area is 162 Å². The summed E-state index contributed by atoms with van der Waals surface area (Å²) in [6, 6.07) is 11.5. The van der Waals surface area contributed by atoms with E-state index in [1.807, 2.05) is 36.4 Å². The summed E-state index contributed by atoms with van der Waals surface area (Å²) in [6.07, 6.45) is 0.978. The standard InChI is InChI=1S/C19H23BrClNO3/c1-23-8-4-7-22-12-15-10-18(24-2)19(11-17(15)20)25-13-14-5-3-6-16(21)9-14/h3,5-6,9-11,22H,4,7-8,12-13H2,1-2H3. The summed E-state index contributed by atoms with van der Waals surface area (Å²) in [6.45, 7) is 2.83. The van der Waals surface area contributed by atoms with Gasteiger partial charge in [-0.1, -0.05) is 39.7 Å². The van der Waals surface area contributed by atoms with E-state index in [2.05, 4.69) is 21.2 Å². The molecule has 0 aliphatic carbocycles. The second kappa shape index (κ2) is 10.7. The molecule has 1 N–H and O–H groups in total. The summed E-state index contributed by atoms with van der Waals surface area (Å²) in [7, 11) is 3.36. The van der Waals surface area contributed by atoms with Gasteiger partial charge in [0.15, 0.2) is 11.5 Å². The molecular weight excluding hydrogens is 406 g/mol. The highest BCUT2D eigenvalue weighted by molar-refractivity contribution is 9.10.